The molecule has 0 saturated heterocycles. The normalized spacial score (nSPS) is 11.3. The smallest absolute Gasteiger partial charge is 0.282 e. The van der Waals surface area contributed by atoms with Gasteiger partial charge in [0.2, 0.25) is 0 Å². The van der Waals surface area contributed by atoms with E-state index in [4.69, 9.17) is 17.3 Å². The van der Waals surface area contributed by atoms with Gasteiger partial charge in [0.25, 0.3) is 21.5 Å². The van der Waals surface area contributed by atoms with E-state index in [0.29, 0.717) is 33.6 Å². The molecule has 1 amide bonds. The third-order valence-electron chi connectivity index (χ3n) is 5.92. The number of nitrogen functional groups attached to an aromatic ring is 1. The van der Waals surface area contributed by atoms with Gasteiger partial charge in [-0.1, -0.05) is 19.0 Å². The highest BCUT2D eigenvalue weighted by Gasteiger charge is 2.30. The van der Waals surface area contributed by atoms with Gasteiger partial charge in [-0.3, -0.25) is 9.59 Å². The summed E-state index contributed by atoms with van der Waals surface area (Å²) in [5, 5.41) is 0.686. The molecule has 5 aromatic rings. The fraction of sp³-hybridized carbons (Fsp3) is 0.0741. The number of nitrogens with one attached hydrogen (secondary N) is 2. The number of nitrogens with two attached hydrogens (primary N) is 1. The maximum Gasteiger partial charge on any atom is 0.282 e. The van der Waals surface area contributed by atoms with E-state index in [-0.39, 0.29) is 36.6 Å². The highest BCUT2D eigenvalue weighted by atomic mass is 35.5. The Bertz CT molecular complexity index is 1940. The van der Waals surface area contributed by atoms with Crippen molar-refractivity contribution < 1.29 is 22.0 Å². The quantitative estimate of drug-likeness (QED) is 0.264. The molecule has 5 rings (SSSR count). The Balaban J connectivity index is 0.00000370. The molecule has 0 aliphatic carbocycles. The van der Waals surface area contributed by atoms with Crippen LogP contribution in [0.25, 0.3) is 22.0 Å². The summed E-state index contributed by atoms with van der Waals surface area (Å²) in [6, 6.07) is 12.8. The highest BCUT2D eigenvalue weighted by Crippen LogP contribution is 2.36. The average molecular weight is 586 g/mol. The first-order valence-electron chi connectivity index (χ1n) is 11.3. The molecule has 3 aromatic heterocycles. The number of aromatic amines is 1. The van der Waals surface area contributed by atoms with Crippen LogP contribution in [0.2, 0.25) is 5.02 Å². The number of aromatic nitrogens is 3. The monoisotopic (exact) mass is 585 g/mol. The minimum Gasteiger partial charge on any atom is -0.384 e. The summed E-state index contributed by atoms with van der Waals surface area (Å²) in [6.45, 7) is 0.0172. The summed E-state index contributed by atoms with van der Waals surface area (Å²) in [6.07, 6.45) is 2.87. The molecule has 0 atom stereocenters. The fourth-order valence-electron chi connectivity index (χ4n) is 4.31. The number of rotatable bonds is 6. The summed E-state index contributed by atoms with van der Waals surface area (Å²) in [5.74, 6) is -3.31. The zero-order valence-electron chi connectivity index (χ0n) is 19.8. The van der Waals surface area contributed by atoms with Gasteiger partial charge in [0.15, 0.2) is 0 Å². The van der Waals surface area contributed by atoms with Crippen LogP contribution < -0.4 is 16.0 Å². The Labute approximate surface area is 232 Å². The number of halogens is 3. The number of hydrogen-bond acceptors (Lipinski definition) is 6. The molecule has 0 radical (unpaired) electrons. The predicted molar refractivity (Wildman–Crippen MR) is 148 cm³/mol. The Kier molecular flexibility index (Phi) is 7.76. The molecule has 13 heteroatoms. The maximum atomic E-state index is 14.4. The number of hydrogen-bond donors (Lipinski definition) is 3. The van der Waals surface area contributed by atoms with Gasteiger partial charge in [-0.2, -0.15) is 0 Å². The van der Waals surface area contributed by atoms with E-state index in [2.05, 4.69) is 9.97 Å². The lowest BCUT2D eigenvalue weighted by molar-refractivity contribution is 0.0974. The van der Waals surface area contributed by atoms with Gasteiger partial charge in [-0.25, -0.2) is 26.9 Å². The van der Waals surface area contributed by atoms with Crippen molar-refractivity contribution in [3.8, 4) is 11.1 Å². The third-order valence-corrected chi connectivity index (χ3v) is 7.52. The number of amides is 1. The standard InChI is InChI=1S/C26H18ClF2N5O4S.CH4/c27-15-3-5-20-18(11-15)23(17-2-1-8-32-25(17)35)24(34(20)13-14-7-9-31-22(30)10-14)26(36)33-39(37,38)21-6-4-16(28)12-19(21)29;/h1-12H,13H2,(H2,30,31)(H,32,35)(H,33,36);1H4. The topological polar surface area (TPSA) is 140 Å². The second-order valence-corrected chi connectivity index (χ2v) is 10.6. The molecule has 4 N–H and O–H groups in total. The van der Waals surface area contributed by atoms with Crippen LogP contribution >= 0.6 is 11.6 Å². The largest absolute Gasteiger partial charge is 0.384 e. The van der Waals surface area contributed by atoms with Crippen molar-refractivity contribution >= 4 is 44.3 Å². The van der Waals surface area contributed by atoms with Gasteiger partial charge in [-0.05, 0) is 60.2 Å². The SMILES string of the molecule is C.Nc1cc(Cn2c(C(=O)NS(=O)(=O)c3ccc(F)cc3F)c(-c3ccc[nH]c3=O)c3cc(Cl)ccc32)ccn1. The maximum absolute atomic E-state index is 14.4. The van der Waals surface area contributed by atoms with Gasteiger partial charge in [0, 0.05) is 52.1 Å². The summed E-state index contributed by atoms with van der Waals surface area (Å²) in [4.78, 5) is 32.2. The summed E-state index contributed by atoms with van der Waals surface area (Å²) < 4.78 is 57.2. The van der Waals surface area contributed by atoms with E-state index in [0.717, 1.165) is 6.07 Å². The predicted octanol–water partition coefficient (Wildman–Crippen LogP) is 4.71. The lowest BCUT2D eigenvalue weighted by Gasteiger charge is -2.14. The van der Waals surface area contributed by atoms with Crippen molar-refractivity contribution in [3.63, 3.8) is 0 Å². The molecule has 2 aromatic carbocycles. The highest BCUT2D eigenvalue weighted by molar-refractivity contribution is 7.90. The van der Waals surface area contributed by atoms with Crippen LogP contribution in [-0.2, 0) is 16.6 Å². The van der Waals surface area contributed by atoms with Gasteiger partial charge in [0.1, 0.15) is 28.0 Å². The van der Waals surface area contributed by atoms with Crippen molar-refractivity contribution in [3.05, 3.63) is 111 Å². The minimum atomic E-state index is -4.80. The molecule has 9 nitrogen and oxygen atoms in total. The van der Waals surface area contributed by atoms with Crippen LogP contribution in [0.1, 0.15) is 23.5 Å². The van der Waals surface area contributed by atoms with Crippen LogP contribution in [0.4, 0.5) is 14.6 Å². The number of pyridine rings is 2. The Morgan fingerprint density at radius 2 is 1.88 bits per heavy atom. The van der Waals surface area contributed by atoms with E-state index in [1.165, 1.54) is 23.0 Å². The van der Waals surface area contributed by atoms with Gasteiger partial charge >= 0.3 is 0 Å². The van der Waals surface area contributed by atoms with E-state index < -0.39 is 38.0 Å². The number of nitrogens with zero attached hydrogens (tertiary/aromatic N) is 2. The van der Waals surface area contributed by atoms with Crippen molar-refractivity contribution in [1.29, 1.82) is 0 Å². The zero-order valence-corrected chi connectivity index (χ0v) is 21.4. The molecule has 0 aliphatic heterocycles. The lowest BCUT2D eigenvalue weighted by Crippen LogP contribution is -2.33. The van der Waals surface area contributed by atoms with Gasteiger partial charge in [-0.15, -0.1) is 0 Å². The van der Waals surface area contributed by atoms with E-state index in [1.807, 2.05) is 4.72 Å². The Morgan fingerprint density at radius 3 is 2.58 bits per heavy atom. The zero-order chi connectivity index (χ0) is 27.9. The molecule has 0 bridgehead atoms. The van der Waals surface area contributed by atoms with E-state index >= 15 is 0 Å². The molecule has 3 heterocycles. The summed E-state index contributed by atoms with van der Waals surface area (Å²) >= 11 is 6.27. The van der Waals surface area contributed by atoms with E-state index in [1.54, 1.807) is 36.4 Å². The molecule has 0 fully saturated rings. The molecular formula is C27H22ClF2N5O4S. The molecule has 0 aliphatic rings. The Morgan fingerprint density at radius 1 is 1.10 bits per heavy atom. The van der Waals surface area contributed by atoms with Crippen LogP contribution in [0.15, 0.2) is 82.7 Å². The number of fused-ring (bicyclic) bond motifs is 1. The Hall–Kier alpha value is -4.55. The second-order valence-electron chi connectivity index (χ2n) is 8.48. The average Bonchev–Trinajstić information content (AvgIpc) is 3.16. The first kappa shape index (κ1) is 28.5. The second kappa shape index (κ2) is 10.9. The number of carbonyl (C=O) groups is 1. The van der Waals surface area contributed by atoms with E-state index in [9.17, 15) is 26.8 Å². The van der Waals surface area contributed by atoms with Gasteiger partial charge in [0.05, 0.1) is 0 Å². The molecule has 40 heavy (non-hydrogen) atoms. The number of sulfonamides is 1. The van der Waals surface area contributed by atoms with Crippen molar-refractivity contribution in [2.24, 2.45) is 0 Å². The summed E-state index contributed by atoms with van der Waals surface area (Å²) in [5.41, 5.74) is 6.29. The number of benzene rings is 2. The molecule has 206 valence electrons. The molecule has 0 spiro atoms. The van der Waals surface area contributed by atoms with Crippen LogP contribution in [0, 0.1) is 11.6 Å². The fourth-order valence-corrected chi connectivity index (χ4v) is 5.50. The number of H-pyrrole nitrogens is 1. The van der Waals surface area contributed by atoms with Crippen molar-refractivity contribution in [2.45, 2.75) is 18.9 Å². The molecule has 0 saturated carbocycles. The third kappa shape index (κ3) is 5.31. The lowest BCUT2D eigenvalue weighted by atomic mass is 10.0. The van der Waals surface area contributed by atoms with Gasteiger partial charge < -0.3 is 15.3 Å². The van der Waals surface area contributed by atoms with Crippen LogP contribution in [0.5, 0.6) is 0 Å². The first-order chi connectivity index (χ1) is 18.5. The van der Waals surface area contributed by atoms with Crippen molar-refractivity contribution in [1.82, 2.24) is 19.3 Å². The summed E-state index contributed by atoms with van der Waals surface area (Å²) in [7, 11) is -4.80. The van der Waals surface area contributed by atoms with Crippen LogP contribution in [0.3, 0.4) is 0 Å². The number of carbonyl (C=O) groups excluding carboxylic acids is 1. The molecular weight excluding hydrogens is 564 g/mol. The first-order valence-corrected chi connectivity index (χ1v) is 13.1. The number of anilines is 1. The van der Waals surface area contributed by atoms with Crippen LogP contribution in [-0.4, -0.2) is 28.9 Å². The minimum absolute atomic E-state index is 0. The van der Waals surface area contributed by atoms with Crippen molar-refractivity contribution in [2.75, 3.05) is 5.73 Å². The molecule has 0 unspecified atom stereocenters.